The van der Waals surface area contributed by atoms with Crippen LogP contribution in [0.3, 0.4) is 0 Å². The Kier molecular flexibility index (Phi) is 13.1. The number of hydrogen-bond acceptors (Lipinski definition) is 0. The predicted octanol–water partition coefficient (Wildman–Crippen LogP) is -1.11. The summed E-state index contributed by atoms with van der Waals surface area (Å²) in [6, 6.07) is 27.1. The van der Waals surface area contributed by atoms with Crippen molar-refractivity contribution >= 4 is 8.07 Å². The molecule has 0 atom stereocenters. The van der Waals surface area contributed by atoms with Crippen molar-refractivity contribution in [3.8, 4) is 0 Å². The maximum absolute atomic E-state index is 3.97. The standard InChI is InChI=1S/C30H33Si.3ClH.Ti/c1-22-10-7-13-25(18-22)30(26-14-8-11-23(2)19-26,27-15-9-12-24(3)20-27)28-16-17-29(21-28)31(4,5)6;;;;/h7-16,18-20H,17H2,1-6H3;3*1H;/q-1;;;;+4/p-3. The molecule has 0 fully saturated rings. The third-order valence-electron chi connectivity index (χ3n) is 6.46. The minimum absolute atomic E-state index is 0. The van der Waals surface area contributed by atoms with Gasteiger partial charge in [0.05, 0.1) is 8.07 Å². The first-order chi connectivity index (χ1) is 14.7. The van der Waals surface area contributed by atoms with Crippen molar-refractivity contribution in [3.05, 3.63) is 129 Å². The van der Waals surface area contributed by atoms with Crippen LogP contribution in [-0.4, -0.2) is 8.07 Å². The van der Waals surface area contributed by atoms with E-state index in [1.165, 1.54) is 44.2 Å². The molecule has 3 aromatic carbocycles. The zero-order chi connectivity index (χ0) is 22.2. The van der Waals surface area contributed by atoms with Gasteiger partial charge in [-0.1, -0.05) is 109 Å². The maximum atomic E-state index is 3.97. The first kappa shape index (κ1) is 33.9. The van der Waals surface area contributed by atoms with Crippen LogP contribution < -0.4 is 37.2 Å². The maximum Gasteiger partial charge on any atom is 4.00 e. The summed E-state index contributed by atoms with van der Waals surface area (Å²) in [4.78, 5) is 0. The van der Waals surface area contributed by atoms with E-state index in [-0.39, 0.29) is 64.4 Å². The van der Waals surface area contributed by atoms with Crippen molar-refractivity contribution in [1.82, 2.24) is 0 Å². The number of benzene rings is 3. The van der Waals surface area contributed by atoms with Gasteiger partial charge >= 0.3 is 21.7 Å². The Balaban J connectivity index is 0.00000289. The van der Waals surface area contributed by atoms with Gasteiger partial charge in [0.1, 0.15) is 0 Å². The second kappa shape index (κ2) is 13.5. The molecule has 0 unspecified atom stereocenters. The molecule has 0 aliphatic heterocycles. The second-order valence-electron chi connectivity index (χ2n) is 10.0. The second-order valence-corrected chi connectivity index (χ2v) is 15.1. The molecule has 3 aromatic rings. The molecule has 1 aliphatic carbocycles. The molecular weight excluding hydrogens is 543 g/mol. The van der Waals surface area contributed by atoms with Crippen LogP contribution in [0.2, 0.25) is 19.6 Å². The molecule has 0 saturated carbocycles. The summed E-state index contributed by atoms with van der Waals surface area (Å²) >= 11 is 0. The SMILES string of the molecule is Cc1cccc(C(C2=CCC([Si](C)(C)C)=[C-]2)(c2cccc(C)c2)c2cccc(C)c2)c1.[Cl-].[Cl-].[Cl-].[Ti+4]. The van der Waals surface area contributed by atoms with Gasteiger partial charge in [-0.3, -0.25) is 6.08 Å². The molecule has 0 radical (unpaired) electrons. The van der Waals surface area contributed by atoms with Crippen LogP contribution in [0.4, 0.5) is 0 Å². The van der Waals surface area contributed by atoms with Gasteiger partial charge in [0, 0.05) is 5.41 Å². The fraction of sp³-hybridized carbons (Fsp3) is 0.267. The number of allylic oxidation sites excluding steroid dienone is 4. The molecule has 0 bridgehead atoms. The summed E-state index contributed by atoms with van der Waals surface area (Å²) in [5.41, 5.74) is 8.75. The largest absolute Gasteiger partial charge is 4.00 e. The van der Waals surface area contributed by atoms with Crippen LogP contribution in [0, 0.1) is 26.8 Å². The Morgan fingerprint density at radius 2 is 1.03 bits per heavy atom. The molecule has 5 heteroatoms. The van der Waals surface area contributed by atoms with E-state index in [2.05, 4.69) is 125 Å². The van der Waals surface area contributed by atoms with Crippen LogP contribution in [0.1, 0.15) is 39.8 Å². The van der Waals surface area contributed by atoms with Crippen molar-refractivity contribution in [3.63, 3.8) is 0 Å². The van der Waals surface area contributed by atoms with Gasteiger partial charge in [-0.15, -0.1) is 6.42 Å². The summed E-state index contributed by atoms with van der Waals surface area (Å²) in [6.45, 7) is 13.9. The molecule has 0 N–H and O–H groups in total. The third kappa shape index (κ3) is 6.83. The van der Waals surface area contributed by atoms with E-state index in [1.807, 2.05) is 0 Å². The fourth-order valence-corrected chi connectivity index (χ4v) is 6.03. The number of aryl methyl sites for hydroxylation is 3. The molecule has 0 amide bonds. The minimum atomic E-state index is -1.43. The Morgan fingerprint density at radius 1 is 0.657 bits per heavy atom. The van der Waals surface area contributed by atoms with Crippen molar-refractivity contribution in [2.45, 2.75) is 52.2 Å². The summed E-state index contributed by atoms with van der Waals surface area (Å²) in [7, 11) is -1.43. The van der Waals surface area contributed by atoms with E-state index >= 15 is 0 Å². The fourth-order valence-electron chi connectivity index (χ4n) is 4.81. The van der Waals surface area contributed by atoms with Gasteiger partial charge in [-0.2, -0.15) is 5.20 Å². The number of halogens is 3. The van der Waals surface area contributed by atoms with Gasteiger partial charge in [-0.25, -0.2) is 11.6 Å². The molecule has 182 valence electrons. The van der Waals surface area contributed by atoms with Crippen molar-refractivity contribution in [2.24, 2.45) is 0 Å². The van der Waals surface area contributed by atoms with Crippen LogP contribution in [0.15, 0.2) is 89.6 Å². The Morgan fingerprint density at radius 3 is 1.31 bits per heavy atom. The average molecular weight is 576 g/mol. The molecular formula is C30H33Cl3SiTi. The molecule has 0 aromatic heterocycles. The first-order valence-electron chi connectivity index (χ1n) is 11.3. The molecule has 0 spiro atoms. The molecule has 1 aliphatic rings. The summed E-state index contributed by atoms with van der Waals surface area (Å²) in [5.74, 6) is 0. The van der Waals surface area contributed by atoms with E-state index in [0.29, 0.717) is 0 Å². The summed E-state index contributed by atoms with van der Waals surface area (Å²) in [5, 5.41) is 1.51. The average Bonchev–Trinajstić information content (AvgIpc) is 3.20. The Bertz CT molecular complexity index is 1080. The van der Waals surface area contributed by atoms with Gasteiger partial charge in [0.2, 0.25) is 0 Å². The van der Waals surface area contributed by atoms with Crippen molar-refractivity contribution in [2.75, 3.05) is 0 Å². The molecule has 4 rings (SSSR count). The van der Waals surface area contributed by atoms with E-state index in [4.69, 9.17) is 0 Å². The van der Waals surface area contributed by atoms with Gasteiger partial charge in [0.25, 0.3) is 0 Å². The Labute approximate surface area is 246 Å². The molecule has 0 heterocycles. The summed E-state index contributed by atoms with van der Waals surface area (Å²) in [6.07, 6.45) is 7.43. The van der Waals surface area contributed by atoms with Crippen molar-refractivity contribution in [1.29, 1.82) is 0 Å². The molecule has 35 heavy (non-hydrogen) atoms. The quantitative estimate of drug-likeness (QED) is 0.206. The normalized spacial score (nSPS) is 12.7. The zero-order valence-electron chi connectivity index (χ0n) is 21.3. The van der Waals surface area contributed by atoms with Crippen LogP contribution in [0.25, 0.3) is 0 Å². The minimum Gasteiger partial charge on any atom is -1.00 e. The monoisotopic (exact) mass is 574 g/mol. The topological polar surface area (TPSA) is 0 Å². The molecule has 0 nitrogen and oxygen atoms in total. The summed E-state index contributed by atoms with van der Waals surface area (Å²) < 4.78 is 0. The van der Waals surface area contributed by atoms with E-state index in [9.17, 15) is 0 Å². The Hall–Kier alpha value is -1.06. The number of rotatable bonds is 5. The van der Waals surface area contributed by atoms with Gasteiger partial charge in [-0.05, 0) is 37.5 Å². The van der Waals surface area contributed by atoms with Crippen LogP contribution in [0.5, 0.6) is 0 Å². The van der Waals surface area contributed by atoms with E-state index < -0.39 is 8.07 Å². The first-order valence-corrected chi connectivity index (χ1v) is 14.8. The third-order valence-corrected chi connectivity index (χ3v) is 8.60. The molecule has 0 saturated heterocycles. The zero-order valence-corrected chi connectivity index (χ0v) is 26.2. The van der Waals surface area contributed by atoms with E-state index in [1.54, 1.807) is 0 Å². The van der Waals surface area contributed by atoms with E-state index in [0.717, 1.165) is 6.42 Å². The van der Waals surface area contributed by atoms with Gasteiger partial charge < -0.3 is 37.2 Å². The smallest absolute Gasteiger partial charge is 1.00 e. The van der Waals surface area contributed by atoms with Crippen molar-refractivity contribution < 1.29 is 58.9 Å². The van der Waals surface area contributed by atoms with Gasteiger partial charge in [0.15, 0.2) is 0 Å². The van der Waals surface area contributed by atoms with Crippen LogP contribution in [-0.2, 0) is 27.1 Å². The van der Waals surface area contributed by atoms with Crippen LogP contribution >= 0.6 is 0 Å². The number of hydrogen-bond donors (Lipinski definition) is 0. The predicted molar refractivity (Wildman–Crippen MR) is 136 cm³/mol.